The van der Waals surface area contributed by atoms with E-state index in [1.807, 2.05) is 0 Å². The van der Waals surface area contributed by atoms with Gasteiger partial charge >= 0.3 is 0 Å². The maximum absolute atomic E-state index is 12.8. The third-order valence-electron chi connectivity index (χ3n) is 4.22. The summed E-state index contributed by atoms with van der Waals surface area (Å²) in [6.45, 7) is -0.171. The molecule has 138 valence electrons. The molecule has 26 heavy (non-hydrogen) atoms. The Labute approximate surface area is 149 Å². The quantitative estimate of drug-likeness (QED) is 0.544. The van der Waals surface area contributed by atoms with E-state index in [1.54, 1.807) is 12.1 Å². The van der Waals surface area contributed by atoms with Crippen LogP contribution in [0.15, 0.2) is 18.2 Å². The maximum Gasteiger partial charge on any atom is 0.264 e. The average molecular weight is 380 g/mol. The molecule has 0 saturated carbocycles. The Morgan fingerprint density at radius 1 is 1.19 bits per heavy atom. The predicted molar refractivity (Wildman–Crippen MR) is 87.6 cm³/mol. The summed E-state index contributed by atoms with van der Waals surface area (Å²) in [4.78, 5) is 49.6. The van der Waals surface area contributed by atoms with E-state index in [0.717, 1.165) is 11.2 Å². The van der Waals surface area contributed by atoms with Gasteiger partial charge in [-0.05, 0) is 24.5 Å². The van der Waals surface area contributed by atoms with Crippen molar-refractivity contribution in [3.63, 3.8) is 0 Å². The van der Waals surface area contributed by atoms with Gasteiger partial charge in [0.05, 0.1) is 24.0 Å². The molecule has 1 aromatic carbocycles. The molecule has 0 aromatic heterocycles. The van der Waals surface area contributed by atoms with Gasteiger partial charge in [-0.15, -0.1) is 0 Å². The van der Waals surface area contributed by atoms with E-state index in [4.69, 9.17) is 0 Å². The van der Waals surface area contributed by atoms with Crippen molar-refractivity contribution in [3.8, 4) is 0 Å². The lowest BCUT2D eigenvalue weighted by molar-refractivity contribution is -0.136. The molecule has 1 unspecified atom stereocenters. The van der Waals surface area contributed by atoms with Crippen molar-refractivity contribution < 1.29 is 31.8 Å². The molecule has 1 saturated heterocycles. The van der Waals surface area contributed by atoms with Crippen molar-refractivity contribution in [1.82, 2.24) is 10.2 Å². The number of hydrogen-bond donors (Lipinski definition) is 1. The Hall–Kier alpha value is -2.59. The minimum Gasteiger partial charge on any atom is -0.295 e. The highest BCUT2D eigenvalue weighted by molar-refractivity contribution is 7.85. The highest BCUT2D eigenvalue weighted by atomic mass is 32.2. The van der Waals surface area contributed by atoms with Crippen LogP contribution < -0.4 is 5.32 Å². The Morgan fingerprint density at radius 3 is 2.58 bits per heavy atom. The van der Waals surface area contributed by atoms with Crippen molar-refractivity contribution in [2.24, 2.45) is 0 Å². The lowest BCUT2D eigenvalue weighted by atomic mass is 10.0. The van der Waals surface area contributed by atoms with Crippen LogP contribution in [0.3, 0.4) is 0 Å². The second kappa shape index (κ2) is 6.61. The molecular weight excluding hydrogens is 364 g/mol. The zero-order chi connectivity index (χ0) is 19.1. The molecule has 0 radical (unpaired) electrons. The number of piperidine rings is 1. The van der Waals surface area contributed by atoms with Crippen molar-refractivity contribution in [2.75, 3.05) is 12.9 Å². The fraction of sp³-hybridized carbons (Fsp3) is 0.375. The first-order chi connectivity index (χ1) is 12.2. The molecule has 2 aliphatic rings. The zero-order valence-corrected chi connectivity index (χ0v) is 14.7. The number of nitrogens with zero attached hydrogens (tertiary/aromatic N) is 1. The first-order valence-electron chi connectivity index (χ1n) is 7.87. The van der Waals surface area contributed by atoms with Crippen LogP contribution in [-0.2, 0) is 30.3 Å². The molecule has 1 aromatic rings. The molecule has 10 heteroatoms. The summed E-state index contributed by atoms with van der Waals surface area (Å²) in [5.41, 5.74) is 0.746. The van der Waals surface area contributed by atoms with Crippen molar-refractivity contribution >= 4 is 33.7 Å². The smallest absolute Gasteiger partial charge is 0.264 e. The number of amides is 4. The van der Waals surface area contributed by atoms with Crippen LogP contribution in [0.2, 0.25) is 0 Å². The van der Waals surface area contributed by atoms with E-state index in [1.165, 1.54) is 6.07 Å². The third kappa shape index (κ3) is 3.37. The zero-order valence-electron chi connectivity index (χ0n) is 13.9. The lowest BCUT2D eigenvalue weighted by Gasteiger charge is -2.27. The van der Waals surface area contributed by atoms with E-state index < -0.39 is 39.8 Å². The average Bonchev–Trinajstić information content (AvgIpc) is 2.79. The third-order valence-corrected chi connectivity index (χ3v) is 4.82. The monoisotopic (exact) mass is 380 g/mol. The molecule has 2 heterocycles. The van der Waals surface area contributed by atoms with E-state index >= 15 is 0 Å². The Morgan fingerprint density at radius 2 is 1.92 bits per heavy atom. The number of hydrogen-bond acceptors (Lipinski definition) is 7. The molecule has 1 fully saturated rings. The number of carbonyl (C=O) groups excluding carboxylic acids is 4. The van der Waals surface area contributed by atoms with Crippen LogP contribution in [0.4, 0.5) is 0 Å². The summed E-state index contributed by atoms with van der Waals surface area (Å²) < 4.78 is 26.8. The Balaban J connectivity index is 1.87. The van der Waals surface area contributed by atoms with Gasteiger partial charge in [-0.2, -0.15) is 8.42 Å². The van der Waals surface area contributed by atoms with E-state index in [0.29, 0.717) is 5.56 Å². The molecule has 0 spiro atoms. The summed E-state index contributed by atoms with van der Waals surface area (Å²) in [6.07, 6.45) is 1.14. The fourth-order valence-corrected chi connectivity index (χ4v) is 3.48. The van der Waals surface area contributed by atoms with Crippen LogP contribution in [-0.4, -0.2) is 55.9 Å². The van der Waals surface area contributed by atoms with Crippen molar-refractivity contribution in [3.05, 3.63) is 34.9 Å². The SMILES string of the molecule is CS(=O)(=O)OCCc1cccc2c1C(=O)N(C1CCC(=O)NC1=O)C2=O. The normalized spacial score (nSPS) is 20.3. The van der Waals surface area contributed by atoms with Gasteiger partial charge in [0.25, 0.3) is 21.9 Å². The van der Waals surface area contributed by atoms with Crippen LogP contribution in [0.5, 0.6) is 0 Å². The van der Waals surface area contributed by atoms with Gasteiger partial charge < -0.3 is 0 Å². The van der Waals surface area contributed by atoms with Crippen LogP contribution >= 0.6 is 0 Å². The van der Waals surface area contributed by atoms with Gasteiger partial charge in [0, 0.05) is 6.42 Å². The van der Waals surface area contributed by atoms with Gasteiger partial charge in [0.1, 0.15) is 6.04 Å². The van der Waals surface area contributed by atoms with Gasteiger partial charge in [-0.1, -0.05) is 12.1 Å². The fourth-order valence-electron chi connectivity index (χ4n) is 3.10. The topological polar surface area (TPSA) is 127 Å². The highest BCUT2D eigenvalue weighted by Gasteiger charge is 2.45. The van der Waals surface area contributed by atoms with Crippen molar-refractivity contribution in [2.45, 2.75) is 25.3 Å². The van der Waals surface area contributed by atoms with E-state index in [9.17, 15) is 27.6 Å². The largest absolute Gasteiger partial charge is 0.295 e. The number of nitrogens with one attached hydrogen (secondary N) is 1. The van der Waals surface area contributed by atoms with Gasteiger partial charge in [0.2, 0.25) is 11.8 Å². The molecular formula is C16H16N2O7S. The van der Waals surface area contributed by atoms with Crippen LogP contribution in [0.25, 0.3) is 0 Å². The summed E-state index contributed by atoms with van der Waals surface area (Å²) in [5, 5.41) is 2.13. The van der Waals surface area contributed by atoms with Gasteiger partial charge in [0.15, 0.2) is 0 Å². The summed E-state index contributed by atoms with van der Waals surface area (Å²) >= 11 is 0. The molecule has 3 rings (SSSR count). The molecule has 1 atom stereocenters. The van der Waals surface area contributed by atoms with Gasteiger partial charge in [-0.25, -0.2) is 0 Å². The lowest BCUT2D eigenvalue weighted by Crippen LogP contribution is -2.54. The standard InChI is InChI=1S/C16H16N2O7S/c1-26(23,24)25-8-7-9-3-2-4-10-13(9)16(22)18(15(10)21)11-5-6-12(19)17-14(11)20/h2-4,11H,5-8H2,1H3,(H,17,19,20). The van der Waals surface area contributed by atoms with E-state index in [-0.39, 0.29) is 37.0 Å². The van der Waals surface area contributed by atoms with Crippen LogP contribution in [0, 0.1) is 0 Å². The Bertz CT molecular complexity index is 923. The van der Waals surface area contributed by atoms with Gasteiger partial charge in [-0.3, -0.25) is 33.6 Å². The molecule has 9 nitrogen and oxygen atoms in total. The summed E-state index contributed by atoms with van der Waals surface area (Å²) in [6, 6.07) is 3.61. The minimum absolute atomic E-state index is 0.0405. The van der Waals surface area contributed by atoms with Crippen molar-refractivity contribution in [1.29, 1.82) is 0 Å². The molecule has 0 aliphatic carbocycles. The molecule has 0 bridgehead atoms. The molecule has 4 amide bonds. The van der Waals surface area contributed by atoms with Crippen LogP contribution in [0.1, 0.15) is 39.1 Å². The highest BCUT2D eigenvalue weighted by Crippen LogP contribution is 2.30. The number of carbonyl (C=O) groups is 4. The number of fused-ring (bicyclic) bond motifs is 1. The summed E-state index contributed by atoms with van der Waals surface area (Å²) in [5.74, 6) is -2.36. The second-order valence-electron chi connectivity index (χ2n) is 6.06. The minimum atomic E-state index is -3.62. The first kappa shape index (κ1) is 18.2. The first-order valence-corrected chi connectivity index (χ1v) is 9.68. The maximum atomic E-state index is 12.8. The number of rotatable bonds is 5. The number of imide groups is 2. The van der Waals surface area contributed by atoms with E-state index in [2.05, 4.69) is 9.50 Å². The summed E-state index contributed by atoms with van der Waals surface area (Å²) in [7, 11) is -3.62. The predicted octanol–water partition coefficient (Wildman–Crippen LogP) is -0.393. The Kier molecular flexibility index (Phi) is 4.63. The molecule has 1 N–H and O–H groups in total. The number of benzene rings is 1. The molecule has 2 aliphatic heterocycles. The second-order valence-corrected chi connectivity index (χ2v) is 7.71.